The van der Waals surface area contributed by atoms with Gasteiger partial charge in [0.05, 0.1) is 5.56 Å². The van der Waals surface area contributed by atoms with E-state index in [9.17, 15) is 9.59 Å². The van der Waals surface area contributed by atoms with Crippen molar-refractivity contribution in [3.05, 3.63) is 58.9 Å². The zero-order valence-corrected chi connectivity index (χ0v) is 23.6. The van der Waals surface area contributed by atoms with Crippen LogP contribution in [0.2, 0.25) is 0 Å². The maximum absolute atomic E-state index is 13.4. The molecule has 39 heavy (non-hydrogen) atoms. The number of carbonyl (C=O) groups excluding carboxylic acids is 2. The van der Waals surface area contributed by atoms with Gasteiger partial charge in [-0.2, -0.15) is 4.98 Å². The first-order chi connectivity index (χ1) is 18.7. The first-order valence-corrected chi connectivity index (χ1v) is 14.0. The first kappa shape index (κ1) is 27.1. The number of amides is 2. The summed E-state index contributed by atoms with van der Waals surface area (Å²) in [6.07, 6.45) is 6.00. The quantitative estimate of drug-likeness (QED) is 0.572. The second kappa shape index (κ2) is 11.0. The number of nitrogens with zero attached hydrogens (tertiary/aromatic N) is 5. The monoisotopic (exact) mass is 532 g/mol. The fourth-order valence-corrected chi connectivity index (χ4v) is 6.46. The smallest absolute Gasteiger partial charge is 0.289 e. The summed E-state index contributed by atoms with van der Waals surface area (Å²) in [5.41, 5.74) is 4.37. The molecule has 208 valence electrons. The molecule has 2 atom stereocenters. The molecule has 2 unspecified atom stereocenters. The number of ether oxygens (including phenoxy) is 1. The second-order valence-corrected chi connectivity index (χ2v) is 11.4. The van der Waals surface area contributed by atoms with Crippen LogP contribution < -0.4 is 15.0 Å². The summed E-state index contributed by atoms with van der Waals surface area (Å²) >= 11 is 0. The predicted molar refractivity (Wildman–Crippen MR) is 151 cm³/mol. The van der Waals surface area contributed by atoms with Crippen molar-refractivity contribution < 1.29 is 14.3 Å². The van der Waals surface area contributed by atoms with Gasteiger partial charge in [0, 0.05) is 44.3 Å². The summed E-state index contributed by atoms with van der Waals surface area (Å²) in [5.74, 6) is 1.00. The fourth-order valence-electron chi connectivity index (χ4n) is 6.46. The minimum absolute atomic E-state index is 0.0640. The van der Waals surface area contributed by atoms with Gasteiger partial charge in [-0.25, -0.2) is 4.98 Å². The zero-order valence-electron chi connectivity index (χ0n) is 23.6. The highest BCUT2D eigenvalue weighted by atomic mass is 16.5. The number of hydrogen-bond donors (Lipinski definition) is 1. The molecule has 1 aliphatic carbocycles. The summed E-state index contributed by atoms with van der Waals surface area (Å²) in [6, 6.07) is 6.43. The normalized spacial score (nSPS) is 21.2. The van der Waals surface area contributed by atoms with E-state index < -0.39 is 5.60 Å². The number of benzene rings is 1. The molecule has 2 aromatic rings. The molecule has 5 rings (SSSR count). The van der Waals surface area contributed by atoms with E-state index in [2.05, 4.69) is 41.9 Å². The van der Waals surface area contributed by atoms with E-state index in [0.29, 0.717) is 38.6 Å². The van der Waals surface area contributed by atoms with Gasteiger partial charge in [0.2, 0.25) is 17.6 Å². The van der Waals surface area contributed by atoms with Crippen molar-refractivity contribution >= 4 is 17.6 Å². The molecule has 1 saturated heterocycles. The predicted octanol–water partition coefficient (Wildman–Crippen LogP) is 2.86. The summed E-state index contributed by atoms with van der Waals surface area (Å²) in [4.78, 5) is 41.1. The van der Waals surface area contributed by atoms with Gasteiger partial charge in [-0.1, -0.05) is 24.8 Å². The van der Waals surface area contributed by atoms with Crippen LogP contribution in [0.5, 0.6) is 5.88 Å². The Kier molecular flexibility index (Phi) is 7.62. The number of aromatic nitrogens is 2. The largest absolute Gasteiger partial charge is 0.466 e. The number of piperazine rings is 1. The van der Waals surface area contributed by atoms with Crippen LogP contribution in [0.4, 0.5) is 5.82 Å². The van der Waals surface area contributed by atoms with Gasteiger partial charge in [0.15, 0.2) is 0 Å². The summed E-state index contributed by atoms with van der Waals surface area (Å²) in [6.45, 7) is 10.8. The highest BCUT2D eigenvalue weighted by molar-refractivity contribution is 5.91. The molecule has 1 fully saturated rings. The molecule has 3 heterocycles. The van der Waals surface area contributed by atoms with Gasteiger partial charge in [0.1, 0.15) is 11.4 Å². The molecule has 1 aromatic heterocycles. The molecule has 1 aromatic carbocycles. The van der Waals surface area contributed by atoms with Crippen LogP contribution in [0.1, 0.15) is 59.1 Å². The van der Waals surface area contributed by atoms with Gasteiger partial charge >= 0.3 is 0 Å². The number of fused-ring (bicyclic) bond motifs is 3. The molecule has 1 N–H and O–H groups in total. The van der Waals surface area contributed by atoms with Crippen LogP contribution in [0.3, 0.4) is 0 Å². The summed E-state index contributed by atoms with van der Waals surface area (Å²) in [7, 11) is 3.95. The Bertz CT molecular complexity index is 1270. The van der Waals surface area contributed by atoms with Crippen molar-refractivity contribution in [3.63, 3.8) is 0 Å². The van der Waals surface area contributed by atoms with Gasteiger partial charge in [0.25, 0.3) is 5.91 Å². The highest BCUT2D eigenvalue weighted by Gasteiger charge is 2.44. The Balaban J connectivity index is 1.51. The SMILES string of the molecule is C=CC(=O)N1CCN(c2nc(C(=O)NC(C)CN(C)C)nc3c2CCC2(CCCc4cccc(C)c42)O3)CC1. The molecule has 0 radical (unpaired) electrons. The van der Waals surface area contributed by atoms with Gasteiger partial charge in [-0.3, -0.25) is 9.59 Å². The number of anilines is 1. The first-order valence-electron chi connectivity index (χ1n) is 14.0. The number of aryl methyl sites for hydroxylation is 2. The third kappa shape index (κ3) is 5.37. The third-order valence-corrected chi connectivity index (χ3v) is 8.14. The van der Waals surface area contributed by atoms with Crippen molar-refractivity contribution in [1.29, 1.82) is 0 Å². The molecular formula is C30H40N6O3. The van der Waals surface area contributed by atoms with E-state index >= 15 is 0 Å². The standard InChI is InChI=1S/C30H40N6O3/c1-6-24(37)35-15-17-36(18-16-35)27-23-12-14-30(13-8-11-22-10-7-9-20(2)25(22)30)39-29(23)33-26(32-27)28(38)31-21(3)19-34(4)5/h6-7,9-10,21H,1,8,11-19H2,2-5H3,(H,31,38). The lowest BCUT2D eigenvalue weighted by Crippen LogP contribution is -2.49. The molecule has 2 aliphatic heterocycles. The topological polar surface area (TPSA) is 90.9 Å². The molecule has 9 nitrogen and oxygen atoms in total. The van der Waals surface area contributed by atoms with Crippen molar-refractivity contribution in [2.75, 3.05) is 51.7 Å². The van der Waals surface area contributed by atoms with Crippen molar-refractivity contribution in [3.8, 4) is 5.88 Å². The van der Waals surface area contributed by atoms with E-state index in [-0.39, 0.29) is 23.7 Å². The number of hydrogen-bond acceptors (Lipinski definition) is 7. The third-order valence-electron chi connectivity index (χ3n) is 8.14. The van der Waals surface area contributed by atoms with Crippen LogP contribution in [-0.4, -0.2) is 84.4 Å². The Labute approximate surface area is 231 Å². The minimum atomic E-state index is -0.446. The molecular weight excluding hydrogens is 492 g/mol. The van der Waals surface area contributed by atoms with Gasteiger partial charge in [-0.05, 0) is 77.2 Å². The van der Waals surface area contributed by atoms with Crippen LogP contribution in [0.25, 0.3) is 0 Å². The summed E-state index contributed by atoms with van der Waals surface area (Å²) in [5, 5.41) is 3.05. The zero-order chi connectivity index (χ0) is 27.7. The van der Waals surface area contributed by atoms with Crippen molar-refractivity contribution in [2.24, 2.45) is 0 Å². The second-order valence-electron chi connectivity index (χ2n) is 11.4. The molecule has 3 aliphatic rings. The van der Waals surface area contributed by atoms with Crippen LogP contribution >= 0.6 is 0 Å². The van der Waals surface area contributed by atoms with Gasteiger partial charge in [-0.15, -0.1) is 0 Å². The Hall–Kier alpha value is -3.46. The molecule has 0 saturated carbocycles. The van der Waals surface area contributed by atoms with Crippen LogP contribution in [0, 0.1) is 6.92 Å². The Morgan fingerprint density at radius 1 is 1.18 bits per heavy atom. The Morgan fingerprint density at radius 3 is 2.67 bits per heavy atom. The number of nitrogens with one attached hydrogen (secondary N) is 1. The molecule has 2 amide bonds. The van der Waals surface area contributed by atoms with E-state index in [4.69, 9.17) is 14.7 Å². The van der Waals surface area contributed by atoms with Crippen molar-refractivity contribution in [2.45, 2.75) is 57.6 Å². The summed E-state index contributed by atoms with van der Waals surface area (Å²) < 4.78 is 6.89. The molecule has 0 bridgehead atoms. The van der Waals surface area contributed by atoms with E-state index in [1.54, 1.807) is 4.90 Å². The maximum atomic E-state index is 13.4. The lowest BCUT2D eigenvalue weighted by molar-refractivity contribution is -0.126. The Morgan fingerprint density at radius 2 is 1.95 bits per heavy atom. The lowest BCUT2D eigenvalue weighted by atomic mass is 9.73. The average molecular weight is 533 g/mol. The minimum Gasteiger partial charge on any atom is -0.466 e. The van der Waals surface area contributed by atoms with E-state index in [0.717, 1.165) is 43.5 Å². The average Bonchev–Trinajstić information content (AvgIpc) is 2.91. The number of carbonyl (C=O) groups is 2. The molecule has 1 spiro atoms. The lowest BCUT2D eigenvalue weighted by Gasteiger charge is -2.44. The van der Waals surface area contributed by atoms with Crippen LogP contribution in [0.15, 0.2) is 30.9 Å². The van der Waals surface area contributed by atoms with E-state index in [1.807, 2.05) is 25.9 Å². The highest BCUT2D eigenvalue weighted by Crippen LogP contribution is 2.48. The fraction of sp³-hybridized carbons (Fsp3) is 0.533. The van der Waals surface area contributed by atoms with E-state index in [1.165, 1.54) is 22.8 Å². The number of rotatable bonds is 6. The molecule has 9 heteroatoms. The number of likely N-dealkylation sites (N-methyl/N-ethyl adjacent to an activating group) is 1. The maximum Gasteiger partial charge on any atom is 0.289 e. The van der Waals surface area contributed by atoms with Gasteiger partial charge < -0.3 is 24.8 Å². The van der Waals surface area contributed by atoms with Crippen LogP contribution in [-0.2, 0) is 23.2 Å². The van der Waals surface area contributed by atoms with Crippen molar-refractivity contribution in [1.82, 2.24) is 25.1 Å².